The Morgan fingerprint density at radius 1 is 1.24 bits per heavy atom. The number of fused-ring (bicyclic) bond motifs is 1. The number of aromatic nitrogens is 1. The predicted molar refractivity (Wildman–Crippen MR) is 83.9 cm³/mol. The van der Waals surface area contributed by atoms with Crippen LogP contribution in [0.25, 0.3) is 10.9 Å². The van der Waals surface area contributed by atoms with Gasteiger partial charge >= 0.3 is 0 Å². The Labute approximate surface area is 125 Å². The average Bonchev–Trinajstić information content (AvgIpc) is 2.53. The van der Waals surface area contributed by atoms with Crippen molar-refractivity contribution in [1.29, 1.82) is 0 Å². The van der Waals surface area contributed by atoms with Crippen molar-refractivity contribution in [3.05, 3.63) is 42.1 Å². The van der Waals surface area contributed by atoms with Crippen LogP contribution in [-0.4, -0.2) is 34.9 Å². The minimum Gasteiger partial charge on any atom is -0.343 e. The van der Waals surface area contributed by atoms with Crippen molar-refractivity contribution in [2.24, 2.45) is 0 Å². The lowest BCUT2D eigenvalue weighted by Crippen LogP contribution is -2.44. The summed E-state index contributed by atoms with van der Waals surface area (Å²) in [5, 5.41) is 4.74. The lowest BCUT2D eigenvalue weighted by atomic mass is 10.0. The summed E-state index contributed by atoms with van der Waals surface area (Å²) in [4.78, 5) is 17.9. The van der Waals surface area contributed by atoms with Crippen LogP contribution < -0.4 is 5.32 Å². The molecule has 0 saturated carbocycles. The van der Waals surface area contributed by atoms with Crippen molar-refractivity contribution in [3.8, 4) is 0 Å². The van der Waals surface area contributed by atoms with Gasteiger partial charge in [0.25, 0.3) is 0 Å². The van der Waals surface area contributed by atoms with Crippen LogP contribution in [0.3, 0.4) is 0 Å². The molecule has 1 fully saturated rings. The van der Waals surface area contributed by atoms with Gasteiger partial charge in [0, 0.05) is 38.0 Å². The molecule has 0 unspecified atom stereocenters. The zero-order valence-corrected chi connectivity index (χ0v) is 12.4. The van der Waals surface area contributed by atoms with Crippen molar-refractivity contribution >= 4 is 16.8 Å². The maximum atomic E-state index is 11.3. The van der Waals surface area contributed by atoms with Crippen molar-refractivity contribution in [2.75, 3.05) is 13.1 Å². The second kappa shape index (κ2) is 6.22. The summed E-state index contributed by atoms with van der Waals surface area (Å²) in [7, 11) is 0. The minimum atomic E-state index is 0.185. The largest absolute Gasteiger partial charge is 0.343 e. The number of nitrogens with one attached hydrogen (secondary N) is 1. The van der Waals surface area contributed by atoms with Gasteiger partial charge in [-0.3, -0.25) is 9.78 Å². The van der Waals surface area contributed by atoms with Crippen LogP contribution in [0.4, 0.5) is 0 Å². The summed E-state index contributed by atoms with van der Waals surface area (Å²) in [5.74, 6) is 0.185. The number of piperidine rings is 1. The highest BCUT2D eigenvalue weighted by Gasteiger charge is 2.20. The van der Waals surface area contributed by atoms with Crippen LogP contribution in [0.15, 0.2) is 36.4 Å². The zero-order chi connectivity index (χ0) is 14.7. The maximum absolute atomic E-state index is 11.3. The van der Waals surface area contributed by atoms with Crippen LogP contribution in [0.2, 0.25) is 0 Å². The zero-order valence-electron chi connectivity index (χ0n) is 12.4. The maximum Gasteiger partial charge on any atom is 0.219 e. The van der Waals surface area contributed by atoms with Gasteiger partial charge in [-0.1, -0.05) is 24.3 Å². The van der Waals surface area contributed by atoms with Gasteiger partial charge in [0.1, 0.15) is 0 Å². The fourth-order valence-electron chi connectivity index (χ4n) is 2.85. The molecule has 1 N–H and O–H groups in total. The number of likely N-dealkylation sites (tertiary alicyclic amines) is 1. The number of rotatable bonds is 3. The molecule has 0 aliphatic carbocycles. The van der Waals surface area contributed by atoms with E-state index in [0.29, 0.717) is 6.04 Å². The number of carbonyl (C=O) groups is 1. The first-order valence-corrected chi connectivity index (χ1v) is 7.56. The Kier molecular flexibility index (Phi) is 4.15. The van der Waals surface area contributed by atoms with E-state index in [1.165, 1.54) is 5.39 Å². The van der Waals surface area contributed by atoms with Crippen molar-refractivity contribution in [3.63, 3.8) is 0 Å². The third-order valence-electron chi connectivity index (χ3n) is 4.17. The van der Waals surface area contributed by atoms with Crippen LogP contribution in [0.5, 0.6) is 0 Å². The highest BCUT2D eigenvalue weighted by atomic mass is 16.2. The second-order valence-corrected chi connectivity index (χ2v) is 5.66. The average molecular weight is 283 g/mol. The molecular weight excluding hydrogens is 262 g/mol. The molecule has 21 heavy (non-hydrogen) atoms. The van der Waals surface area contributed by atoms with Gasteiger partial charge in [-0.2, -0.15) is 0 Å². The molecule has 4 nitrogen and oxygen atoms in total. The van der Waals surface area contributed by atoms with Gasteiger partial charge in [0.2, 0.25) is 5.91 Å². The highest BCUT2D eigenvalue weighted by molar-refractivity contribution is 5.78. The van der Waals surface area contributed by atoms with Gasteiger partial charge in [0.05, 0.1) is 11.2 Å². The molecular formula is C17H21N3O. The summed E-state index contributed by atoms with van der Waals surface area (Å²) in [5.41, 5.74) is 2.12. The van der Waals surface area contributed by atoms with Crippen molar-refractivity contribution in [2.45, 2.75) is 32.4 Å². The lowest BCUT2D eigenvalue weighted by Gasteiger charge is -2.31. The fraction of sp³-hybridized carbons (Fsp3) is 0.412. The van der Waals surface area contributed by atoms with Gasteiger partial charge in [-0.15, -0.1) is 0 Å². The first-order valence-electron chi connectivity index (χ1n) is 7.56. The number of pyridine rings is 1. The summed E-state index contributed by atoms with van der Waals surface area (Å²) in [6, 6.07) is 12.9. The van der Waals surface area contributed by atoms with E-state index in [1.807, 2.05) is 23.1 Å². The molecule has 110 valence electrons. The van der Waals surface area contributed by atoms with E-state index < -0.39 is 0 Å². The van der Waals surface area contributed by atoms with Crippen molar-refractivity contribution < 1.29 is 4.79 Å². The monoisotopic (exact) mass is 283 g/mol. The van der Waals surface area contributed by atoms with Gasteiger partial charge in [-0.05, 0) is 25.0 Å². The number of hydrogen-bond donors (Lipinski definition) is 1. The van der Waals surface area contributed by atoms with E-state index in [4.69, 9.17) is 0 Å². The van der Waals surface area contributed by atoms with Crippen LogP contribution in [0, 0.1) is 0 Å². The normalized spacial score (nSPS) is 16.3. The molecule has 1 amide bonds. The third kappa shape index (κ3) is 3.39. The lowest BCUT2D eigenvalue weighted by molar-refractivity contribution is -0.129. The highest BCUT2D eigenvalue weighted by Crippen LogP contribution is 2.13. The summed E-state index contributed by atoms with van der Waals surface area (Å²) in [6.07, 6.45) is 2.04. The summed E-state index contributed by atoms with van der Waals surface area (Å²) >= 11 is 0. The van der Waals surface area contributed by atoms with Crippen molar-refractivity contribution in [1.82, 2.24) is 15.2 Å². The molecule has 4 heteroatoms. The molecule has 0 bridgehead atoms. The number of benzene rings is 1. The first kappa shape index (κ1) is 14.0. The van der Waals surface area contributed by atoms with Gasteiger partial charge in [0.15, 0.2) is 0 Å². The van der Waals surface area contributed by atoms with Crippen LogP contribution in [-0.2, 0) is 11.3 Å². The molecule has 1 aliphatic rings. The molecule has 2 heterocycles. The SMILES string of the molecule is CC(=O)N1CCC(NCc2ccc3ccccc3n2)CC1. The number of amides is 1. The quantitative estimate of drug-likeness (QED) is 0.940. The number of hydrogen-bond acceptors (Lipinski definition) is 3. The van der Waals surface area contributed by atoms with E-state index in [2.05, 4.69) is 28.5 Å². The van der Waals surface area contributed by atoms with Gasteiger partial charge < -0.3 is 10.2 Å². The third-order valence-corrected chi connectivity index (χ3v) is 4.17. The standard InChI is InChI=1S/C17H21N3O/c1-13(21)20-10-8-15(9-11-20)18-12-16-7-6-14-4-2-3-5-17(14)19-16/h2-7,15,18H,8-12H2,1H3. The van der Waals surface area contributed by atoms with E-state index >= 15 is 0 Å². The van der Waals surface area contributed by atoms with Gasteiger partial charge in [-0.25, -0.2) is 0 Å². The molecule has 0 radical (unpaired) electrons. The van der Waals surface area contributed by atoms with E-state index in [0.717, 1.165) is 43.7 Å². The Balaban J connectivity index is 1.56. The Bertz CT molecular complexity index is 633. The van der Waals surface area contributed by atoms with Crippen LogP contribution in [0.1, 0.15) is 25.5 Å². The minimum absolute atomic E-state index is 0.185. The Morgan fingerprint density at radius 2 is 2.00 bits per heavy atom. The molecule has 1 aromatic carbocycles. The summed E-state index contributed by atoms with van der Waals surface area (Å²) < 4.78 is 0. The molecule has 3 rings (SSSR count). The molecule has 2 aromatic rings. The molecule has 1 aliphatic heterocycles. The first-order chi connectivity index (χ1) is 10.2. The van der Waals surface area contributed by atoms with E-state index in [9.17, 15) is 4.79 Å². The molecule has 1 saturated heterocycles. The Morgan fingerprint density at radius 3 is 2.76 bits per heavy atom. The second-order valence-electron chi connectivity index (χ2n) is 5.66. The smallest absolute Gasteiger partial charge is 0.219 e. The molecule has 0 spiro atoms. The van der Waals surface area contributed by atoms with E-state index in [1.54, 1.807) is 6.92 Å². The summed E-state index contributed by atoms with van der Waals surface area (Å²) in [6.45, 7) is 4.15. The molecule has 0 atom stereocenters. The van der Waals surface area contributed by atoms with Crippen LogP contribution >= 0.6 is 0 Å². The fourth-order valence-corrected chi connectivity index (χ4v) is 2.85. The Hall–Kier alpha value is -1.94. The molecule has 1 aromatic heterocycles. The number of para-hydroxylation sites is 1. The number of carbonyl (C=O) groups excluding carboxylic acids is 1. The predicted octanol–water partition coefficient (Wildman–Crippen LogP) is 2.34. The number of nitrogens with zero attached hydrogens (tertiary/aromatic N) is 2. The van der Waals surface area contributed by atoms with E-state index in [-0.39, 0.29) is 5.91 Å². The topological polar surface area (TPSA) is 45.2 Å².